The van der Waals surface area contributed by atoms with E-state index in [1.807, 2.05) is 0 Å². The van der Waals surface area contributed by atoms with Crippen molar-refractivity contribution in [3.05, 3.63) is 18.0 Å². The van der Waals surface area contributed by atoms with Crippen LogP contribution in [0.4, 0.5) is 0 Å². The summed E-state index contributed by atoms with van der Waals surface area (Å²) in [4.78, 5) is 41.1. The molecule has 0 N–H and O–H groups in total. The van der Waals surface area contributed by atoms with Gasteiger partial charge in [-0.2, -0.15) is 5.10 Å². The van der Waals surface area contributed by atoms with E-state index in [0.717, 1.165) is 0 Å². The Hall–Kier alpha value is -2.38. The summed E-state index contributed by atoms with van der Waals surface area (Å²) in [5, 5.41) is 3.99. The Morgan fingerprint density at radius 3 is 2.45 bits per heavy atom. The third-order valence-electron chi connectivity index (χ3n) is 3.84. The number of aryl methyl sites for hydroxylation is 1. The summed E-state index contributed by atoms with van der Waals surface area (Å²) in [6, 6.07) is 1.00. The first-order valence-corrected chi connectivity index (χ1v) is 7.08. The molecule has 0 bridgehead atoms. The molecule has 3 amide bonds. The zero-order valence-electron chi connectivity index (χ0n) is 13.3. The van der Waals surface area contributed by atoms with Crippen molar-refractivity contribution in [1.82, 2.24) is 24.5 Å². The monoisotopic (exact) mass is 307 g/mol. The van der Waals surface area contributed by atoms with Gasteiger partial charge in [-0.15, -0.1) is 0 Å². The zero-order valence-corrected chi connectivity index (χ0v) is 13.3. The summed E-state index contributed by atoms with van der Waals surface area (Å²) in [5.41, 5.74) is 0.465. The smallest absolute Gasteiger partial charge is 0.272 e. The third-order valence-corrected chi connectivity index (χ3v) is 3.84. The fourth-order valence-corrected chi connectivity index (χ4v) is 2.60. The Balaban J connectivity index is 2.20. The SMILES string of the molecule is CC(=O)N1CCN(C(=O)c2ccnn2C)CC1C(=O)N(C)C. The van der Waals surface area contributed by atoms with Crippen molar-refractivity contribution >= 4 is 17.7 Å². The lowest BCUT2D eigenvalue weighted by Crippen LogP contribution is -2.61. The van der Waals surface area contributed by atoms with Crippen molar-refractivity contribution in [2.24, 2.45) is 7.05 Å². The van der Waals surface area contributed by atoms with Gasteiger partial charge in [-0.1, -0.05) is 0 Å². The minimum Gasteiger partial charge on any atom is -0.347 e. The number of rotatable bonds is 2. The highest BCUT2D eigenvalue weighted by Crippen LogP contribution is 2.15. The minimum atomic E-state index is -0.640. The van der Waals surface area contributed by atoms with Crippen molar-refractivity contribution < 1.29 is 14.4 Å². The van der Waals surface area contributed by atoms with E-state index in [9.17, 15) is 14.4 Å². The first kappa shape index (κ1) is 16.0. The predicted molar refractivity (Wildman–Crippen MR) is 79.0 cm³/mol. The molecule has 0 saturated carbocycles. The van der Waals surface area contributed by atoms with Crippen LogP contribution in [0.3, 0.4) is 0 Å². The normalized spacial score (nSPS) is 18.3. The molecule has 1 aromatic heterocycles. The Labute approximate surface area is 129 Å². The molecule has 8 heteroatoms. The van der Waals surface area contributed by atoms with Crippen LogP contribution in [0.25, 0.3) is 0 Å². The van der Waals surface area contributed by atoms with Gasteiger partial charge in [0.05, 0.1) is 6.54 Å². The van der Waals surface area contributed by atoms with Crippen LogP contribution in [0, 0.1) is 0 Å². The first-order valence-electron chi connectivity index (χ1n) is 7.08. The maximum atomic E-state index is 12.5. The Kier molecular flexibility index (Phi) is 4.48. The molecule has 0 aromatic carbocycles. The highest BCUT2D eigenvalue weighted by atomic mass is 16.2. The molecule has 22 heavy (non-hydrogen) atoms. The van der Waals surface area contributed by atoms with Gasteiger partial charge in [-0.05, 0) is 6.07 Å². The fraction of sp³-hybridized carbons (Fsp3) is 0.571. The second-order valence-electron chi connectivity index (χ2n) is 5.55. The van der Waals surface area contributed by atoms with Crippen molar-refractivity contribution in [2.45, 2.75) is 13.0 Å². The van der Waals surface area contributed by atoms with Gasteiger partial charge in [0.2, 0.25) is 11.8 Å². The standard InChI is InChI=1S/C14H21N5O3/c1-10(20)19-8-7-18(9-12(19)13(21)16(2)3)14(22)11-5-6-15-17(11)4/h5-6,12H,7-9H2,1-4H3. The van der Waals surface area contributed by atoms with Crippen LogP contribution in [0.15, 0.2) is 12.3 Å². The van der Waals surface area contributed by atoms with E-state index < -0.39 is 6.04 Å². The van der Waals surface area contributed by atoms with Gasteiger partial charge in [-0.3, -0.25) is 19.1 Å². The third kappa shape index (κ3) is 2.95. The molecule has 1 fully saturated rings. The lowest BCUT2D eigenvalue weighted by Gasteiger charge is -2.40. The molecular weight excluding hydrogens is 286 g/mol. The van der Waals surface area contributed by atoms with E-state index in [1.54, 1.807) is 38.3 Å². The van der Waals surface area contributed by atoms with Gasteiger partial charge >= 0.3 is 0 Å². The van der Waals surface area contributed by atoms with E-state index in [1.165, 1.54) is 21.4 Å². The summed E-state index contributed by atoms with van der Waals surface area (Å²) in [6.45, 7) is 2.39. The Morgan fingerprint density at radius 1 is 1.27 bits per heavy atom. The van der Waals surface area contributed by atoms with Crippen molar-refractivity contribution in [3.8, 4) is 0 Å². The van der Waals surface area contributed by atoms with Crippen molar-refractivity contribution in [1.29, 1.82) is 0 Å². The van der Waals surface area contributed by atoms with Gasteiger partial charge in [0.15, 0.2) is 0 Å². The molecule has 0 spiro atoms. The van der Waals surface area contributed by atoms with E-state index in [4.69, 9.17) is 0 Å². The number of nitrogens with zero attached hydrogens (tertiary/aromatic N) is 5. The second-order valence-corrected chi connectivity index (χ2v) is 5.55. The van der Waals surface area contributed by atoms with Gasteiger partial charge in [-0.25, -0.2) is 0 Å². The molecule has 2 rings (SSSR count). The van der Waals surface area contributed by atoms with Gasteiger partial charge in [0, 0.05) is 47.4 Å². The summed E-state index contributed by atoms with van der Waals surface area (Å²) in [5.74, 6) is -0.523. The molecule has 0 radical (unpaired) electrons. The predicted octanol–water partition coefficient (Wildman–Crippen LogP) is -0.819. The zero-order chi connectivity index (χ0) is 16.4. The Bertz CT molecular complexity index is 595. The second kappa shape index (κ2) is 6.17. The van der Waals surface area contributed by atoms with Crippen LogP contribution >= 0.6 is 0 Å². The molecular formula is C14H21N5O3. The van der Waals surface area contributed by atoms with Crippen molar-refractivity contribution in [3.63, 3.8) is 0 Å². The highest BCUT2D eigenvalue weighted by Gasteiger charge is 2.37. The van der Waals surface area contributed by atoms with E-state index in [0.29, 0.717) is 18.8 Å². The summed E-state index contributed by atoms with van der Waals surface area (Å²) in [7, 11) is 4.98. The molecule has 1 atom stereocenters. The summed E-state index contributed by atoms with van der Waals surface area (Å²) >= 11 is 0. The maximum Gasteiger partial charge on any atom is 0.272 e. The van der Waals surface area contributed by atoms with Crippen LogP contribution in [-0.4, -0.2) is 82.0 Å². The number of amides is 3. The Morgan fingerprint density at radius 2 is 1.95 bits per heavy atom. The number of likely N-dealkylation sites (N-methyl/N-ethyl adjacent to an activating group) is 1. The molecule has 1 aliphatic heterocycles. The largest absolute Gasteiger partial charge is 0.347 e. The minimum absolute atomic E-state index is 0.159. The quantitative estimate of drug-likeness (QED) is 0.715. The van der Waals surface area contributed by atoms with E-state index in [2.05, 4.69) is 5.10 Å². The number of hydrogen-bond acceptors (Lipinski definition) is 4. The molecule has 1 aliphatic rings. The number of carbonyl (C=O) groups excluding carboxylic acids is 3. The summed E-state index contributed by atoms with van der Waals surface area (Å²) < 4.78 is 1.50. The lowest BCUT2D eigenvalue weighted by atomic mass is 10.1. The number of aromatic nitrogens is 2. The van der Waals surface area contributed by atoms with Gasteiger partial charge < -0.3 is 14.7 Å². The van der Waals surface area contributed by atoms with Crippen LogP contribution in [0.2, 0.25) is 0 Å². The highest BCUT2D eigenvalue weighted by molar-refractivity contribution is 5.94. The van der Waals surface area contributed by atoms with Crippen LogP contribution in [0.5, 0.6) is 0 Å². The van der Waals surface area contributed by atoms with Crippen LogP contribution in [-0.2, 0) is 16.6 Å². The number of carbonyl (C=O) groups is 3. The molecule has 1 saturated heterocycles. The fourth-order valence-electron chi connectivity index (χ4n) is 2.60. The molecule has 2 heterocycles. The van der Waals surface area contributed by atoms with Crippen molar-refractivity contribution in [2.75, 3.05) is 33.7 Å². The van der Waals surface area contributed by atoms with Gasteiger partial charge in [0.25, 0.3) is 5.91 Å². The van der Waals surface area contributed by atoms with Crippen LogP contribution in [0.1, 0.15) is 17.4 Å². The molecule has 120 valence electrons. The molecule has 8 nitrogen and oxygen atoms in total. The molecule has 1 unspecified atom stereocenters. The summed E-state index contributed by atoms with van der Waals surface area (Å²) in [6.07, 6.45) is 1.56. The number of hydrogen-bond donors (Lipinski definition) is 0. The average Bonchev–Trinajstić information content (AvgIpc) is 2.90. The number of piperazine rings is 1. The van der Waals surface area contributed by atoms with Gasteiger partial charge in [0.1, 0.15) is 11.7 Å². The van der Waals surface area contributed by atoms with E-state index in [-0.39, 0.29) is 24.3 Å². The molecule has 1 aromatic rings. The molecule has 0 aliphatic carbocycles. The lowest BCUT2D eigenvalue weighted by molar-refractivity contribution is -0.146. The van der Waals surface area contributed by atoms with Crippen LogP contribution < -0.4 is 0 Å². The van der Waals surface area contributed by atoms with E-state index >= 15 is 0 Å². The topological polar surface area (TPSA) is 78.8 Å². The first-order chi connectivity index (χ1) is 10.3. The average molecular weight is 307 g/mol. The maximum absolute atomic E-state index is 12.5.